The van der Waals surface area contributed by atoms with E-state index in [1.165, 1.54) is 0 Å². The van der Waals surface area contributed by atoms with E-state index in [4.69, 9.17) is 9.15 Å². The van der Waals surface area contributed by atoms with Crippen LogP contribution in [0.5, 0.6) is 0 Å². The first-order valence-corrected chi connectivity index (χ1v) is 4.86. The first kappa shape index (κ1) is 11.1. The minimum Gasteiger partial charge on any atom is -0.421 e. The minimum atomic E-state index is 0.180. The van der Waals surface area contributed by atoms with Crippen LogP contribution in [0.4, 0.5) is 0 Å². The zero-order valence-electron chi connectivity index (χ0n) is 8.91. The molecule has 0 fully saturated rings. The second-order valence-electron chi connectivity index (χ2n) is 3.23. The molecule has 5 heteroatoms. The standard InChI is InChI=1S/C9H17N3O2/c1-4-10-5-8-11-12-9(14-8)6-13-7(2)3/h7,10H,4-6H2,1-3H3. The number of aromatic nitrogens is 2. The van der Waals surface area contributed by atoms with Gasteiger partial charge in [-0.1, -0.05) is 6.92 Å². The van der Waals surface area contributed by atoms with E-state index in [-0.39, 0.29) is 6.10 Å². The molecule has 1 N–H and O–H groups in total. The number of hydrogen-bond donors (Lipinski definition) is 1. The molecule has 0 spiro atoms. The SMILES string of the molecule is CCNCc1nnc(COC(C)C)o1. The maximum Gasteiger partial charge on any atom is 0.242 e. The van der Waals surface area contributed by atoms with Gasteiger partial charge in [0.15, 0.2) is 0 Å². The van der Waals surface area contributed by atoms with Crippen molar-refractivity contribution in [3.05, 3.63) is 11.8 Å². The molecule has 1 heterocycles. The first-order valence-electron chi connectivity index (χ1n) is 4.86. The average Bonchev–Trinajstić information content (AvgIpc) is 2.59. The third-order valence-electron chi connectivity index (χ3n) is 1.58. The molecular formula is C9H17N3O2. The summed E-state index contributed by atoms with van der Waals surface area (Å²) in [6, 6.07) is 0. The highest BCUT2D eigenvalue weighted by Crippen LogP contribution is 2.02. The van der Waals surface area contributed by atoms with E-state index >= 15 is 0 Å². The van der Waals surface area contributed by atoms with Gasteiger partial charge in [-0.3, -0.25) is 0 Å². The number of nitrogens with zero attached hydrogens (tertiary/aromatic N) is 2. The van der Waals surface area contributed by atoms with Gasteiger partial charge in [0.1, 0.15) is 6.61 Å². The Morgan fingerprint density at radius 1 is 1.36 bits per heavy atom. The van der Waals surface area contributed by atoms with E-state index in [9.17, 15) is 0 Å². The summed E-state index contributed by atoms with van der Waals surface area (Å²) in [7, 11) is 0. The molecule has 0 aliphatic heterocycles. The predicted molar refractivity (Wildman–Crippen MR) is 51.6 cm³/mol. The molecule has 14 heavy (non-hydrogen) atoms. The molecule has 5 nitrogen and oxygen atoms in total. The van der Waals surface area contributed by atoms with E-state index in [1.54, 1.807) is 0 Å². The van der Waals surface area contributed by atoms with Crippen LogP contribution in [-0.4, -0.2) is 22.8 Å². The Hall–Kier alpha value is -0.940. The Balaban J connectivity index is 2.35. The van der Waals surface area contributed by atoms with Crippen LogP contribution in [0.25, 0.3) is 0 Å². The molecule has 1 rings (SSSR count). The molecule has 1 aromatic rings. The van der Waals surface area contributed by atoms with Crippen molar-refractivity contribution in [2.75, 3.05) is 6.54 Å². The number of rotatable bonds is 6. The van der Waals surface area contributed by atoms with Crippen molar-refractivity contribution in [3.8, 4) is 0 Å². The summed E-state index contributed by atoms with van der Waals surface area (Å²) in [6.45, 7) is 7.85. The Morgan fingerprint density at radius 3 is 2.71 bits per heavy atom. The summed E-state index contributed by atoms with van der Waals surface area (Å²) in [5.41, 5.74) is 0. The lowest BCUT2D eigenvalue weighted by Crippen LogP contribution is -2.11. The highest BCUT2D eigenvalue weighted by molar-refractivity contribution is 4.79. The van der Waals surface area contributed by atoms with Crippen molar-refractivity contribution in [2.45, 2.75) is 40.0 Å². The zero-order valence-corrected chi connectivity index (χ0v) is 8.91. The summed E-state index contributed by atoms with van der Waals surface area (Å²) in [6.07, 6.45) is 0.180. The van der Waals surface area contributed by atoms with Crippen molar-refractivity contribution in [1.29, 1.82) is 0 Å². The Kier molecular flexibility index (Phi) is 4.55. The van der Waals surface area contributed by atoms with E-state index in [0.717, 1.165) is 6.54 Å². The molecule has 0 aliphatic carbocycles. The van der Waals surface area contributed by atoms with E-state index in [0.29, 0.717) is 24.9 Å². The van der Waals surface area contributed by atoms with Crippen LogP contribution in [-0.2, 0) is 17.9 Å². The third kappa shape index (κ3) is 3.85. The van der Waals surface area contributed by atoms with Crippen LogP contribution >= 0.6 is 0 Å². The van der Waals surface area contributed by atoms with E-state index in [1.807, 2.05) is 20.8 Å². The van der Waals surface area contributed by atoms with Crippen LogP contribution in [0.15, 0.2) is 4.42 Å². The smallest absolute Gasteiger partial charge is 0.242 e. The highest BCUT2D eigenvalue weighted by atomic mass is 16.5. The van der Waals surface area contributed by atoms with Crippen molar-refractivity contribution in [1.82, 2.24) is 15.5 Å². The Bertz CT molecular complexity index is 260. The molecule has 0 radical (unpaired) electrons. The Morgan fingerprint density at radius 2 is 2.07 bits per heavy atom. The largest absolute Gasteiger partial charge is 0.421 e. The maximum atomic E-state index is 5.33. The van der Waals surface area contributed by atoms with Crippen molar-refractivity contribution in [3.63, 3.8) is 0 Å². The fraction of sp³-hybridized carbons (Fsp3) is 0.778. The lowest BCUT2D eigenvalue weighted by molar-refractivity contribution is 0.0510. The second kappa shape index (κ2) is 5.72. The maximum absolute atomic E-state index is 5.33. The molecular weight excluding hydrogens is 182 g/mol. The van der Waals surface area contributed by atoms with Crippen LogP contribution < -0.4 is 5.32 Å². The quantitative estimate of drug-likeness (QED) is 0.743. The molecule has 0 bridgehead atoms. The van der Waals surface area contributed by atoms with Gasteiger partial charge < -0.3 is 14.5 Å². The van der Waals surface area contributed by atoms with Gasteiger partial charge in [0, 0.05) is 0 Å². The second-order valence-corrected chi connectivity index (χ2v) is 3.23. The topological polar surface area (TPSA) is 60.2 Å². The van der Waals surface area contributed by atoms with E-state index in [2.05, 4.69) is 15.5 Å². The number of nitrogens with one attached hydrogen (secondary N) is 1. The highest BCUT2D eigenvalue weighted by Gasteiger charge is 2.05. The van der Waals surface area contributed by atoms with Gasteiger partial charge in [0.05, 0.1) is 12.6 Å². The molecule has 0 amide bonds. The van der Waals surface area contributed by atoms with Crippen molar-refractivity contribution in [2.24, 2.45) is 0 Å². The van der Waals surface area contributed by atoms with Gasteiger partial charge in [-0.15, -0.1) is 10.2 Å². The van der Waals surface area contributed by atoms with Gasteiger partial charge in [0.2, 0.25) is 11.8 Å². The minimum absolute atomic E-state index is 0.180. The van der Waals surface area contributed by atoms with Crippen molar-refractivity contribution >= 4 is 0 Å². The molecule has 0 aliphatic rings. The lowest BCUT2D eigenvalue weighted by Gasteiger charge is -2.02. The zero-order chi connectivity index (χ0) is 10.4. The molecule has 1 aromatic heterocycles. The average molecular weight is 199 g/mol. The fourth-order valence-electron chi connectivity index (χ4n) is 0.888. The third-order valence-corrected chi connectivity index (χ3v) is 1.58. The van der Waals surface area contributed by atoms with Crippen LogP contribution in [0.3, 0.4) is 0 Å². The monoisotopic (exact) mass is 199 g/mol. The summed E-state index contributed by atoms with van der Waals surface area (Å²) in [5.74, 6) is 1.14. The molecule has 0 unspecified atom stereocenters. The summed E-state index contributed by atoms with van der Waals surface area (Å²) >= 11 is 0. The van der Waals surface area contributed by atoms with Crippen LogP contribution in [0.1, 0.15) is 32.6 Å². The molecule has 80 valence electrons. The van der Waals surface area contributed by atoms with Gasteiger partial charge >= 0.3 is 0 Å². The molecule has 0 atom stereocenters. The fourth-order valence-corrected chi connectivity index (χ4v) is 0.888. The van der Waals surface area contributed by atoms with E-state index < -0.39 is 0 Å². The predicted octanol–water partition coefficient (Wildman–Crippen LogP) is 1.10. The van der Waals surface area contributed by atoms with Gasteiger partial charge in [0.25, 0.3) is 0 Å². The molecule has 0 saturated heterocycles. The Labute approximate surface area is 83.9 Å². The van der Waals surface area contributed by atoms with Gasteiger partial charge in [-0.2, -0.15) is 0 Å². The summed E-state index contributed by atoms with van der Waals surface area (Å²) in [4.78, 5) is 0. The van der Waals surface area contributed by atoms with Crippen LogP contribution in [0, 0.1) is 0 Å². The van der Waals surface area contributed by atoms with Gasteiger partial charge in [-0.25, -0.2) is 0 Å². The van der Waals surface area contributed by atoms with Crippen LogP contribution in [0.2, 0.25) is 0 Å². The normalized spacial score (nSPS) is 11.1. The van der Waals surface area contributed by atoms with Crippen molar-refractivity contribution < 1.29 is 9.15 Å². The number of ether oxygens (including phenoxy) is 1. The molecule has 0 aromatic carbocycles. The first-order chi connectivity index (χ1) is 6.72. The molecule has 0 saturated carbocycles. The van der Waals surface area contributed by atoms with Gasteiger partial charge in [-0.05, 0) is 20.4 Å². The lowest BCUT2D eigenvalue weighted by atomic mass is 10.5. The number of hydrogen-bond acceptors (Lipinski definition) is 5. The summed E-state index contributed by atoms with van der Waals surface area (Å²) < 4.78 is 10.7. The summed E-state index contributed by atoms with van der Waals surface area (Å²) in [5, 5.41) is 10.8.